The van der Waals surface area contributed by atoms with Gasteiger partial charge < -0.3 is 19.3 Å². The van der Waals surface area contributed by atoms with Gasteiger partial charge in [0.2, 0.25) is 0 Å². The molecule has 1 aromatic heterocycles. The predicted octanol–water partition coefficient (Wildman–Crippen LogP) is 3.35. The van der Waals surface area contributed by atoms with E-state index in [2.05, 4.69) is 0 Å². The zero-order chi connectivity index (χ0) is 19.4. The van der Waals surface area contributed by atoms with Crippen LogP contribution in [0.2, 0.25) is 0 Å². The van der Waals surface area contributed by atoms with E-state index < -0.39 is 12.3 Å². The second kappa shape index (κ2) is 8.24. The third-order valence-electron chi connectivity index (χ3n) is 4.43. The largest absolute Gasteiger partial charge is 0.497 e. The molecule has 0 radical (unpaired) electrons. The smallest absolute Gasteiger partial charge is 0.173 e. The number of nitrogens with zero attached hydrogens (tertiary/aromatic N) is 1. The summed E-state index contributed by atoms with van der Waals surface area (Å²) < 4.78 is 16.4. The van der Waals surface area contributed by atoms with Crippen LogP contribution < -0.4 is 19.9 Å². The number of benzene rings is 2. The molecule has 0 aliphatic rings. The molecule has 27 heavy (non-hydrogen) atoms. The first-order valence-electron chi connectivity index (χ1n) is 8.79. The molecule has 0 amide bonds. The van der Waals surface area contributed by atoms with Crippen LogP contribution in [0, 0.1) is 0 Å². The summed E-state index contributed by atoms with van der Waals surface area (Å²) in [7, 11) is 3.24. The summed E-state index contributed by atoms with van der Waals surface area (Å²) >= 11 is 0. The van der Waals surface area contributed by atoms with E-state index in [0.717, 1.165) is 27.9 Å². The van der Waals surface area contributed by atoms with E-state index in [9.17, 15) is 5.11 Å². The SMILES string of the molecule is CCC(O)C(N)Oc1cc(-c2ccc(OC)cc2)nc2cc(OC)ccc12. The lowest BCUT2D eigenvalue weighted by atomic mass is 10.1. The lowest BCUT2D eigenvalue weighted by Crippen LogP contribution is -2.39. The molecule has 3 N–H and O–H groups in total. The number of aliphatic hydroxyl groups excluding tert-OH is 1. The van der Waals surface area contributed by atoms with E-state index in [0.29, 0.717) is 17.9 Å². The molecular formula is C21H24N2O4. The van der Waals surface area contributed by atoms with Gasteiger partial charge in [-0.15, -0.1) is 0 Å². The number of methoxy groups -OCH3 is 2. The second-order valence-corrected chi connectivity index (χ2v) is 6.18. The molecule has 142 valence electrons. The summed E-state index contributed by atoms with van der Waals surface area (Å²) in [6, 6.07) is 15.0. The van der Waals surface area contributed by atoms with Crippen LogP contribution in [0.5, 0.6) is 17.2 Å². The van der Waals surface area contributed by atoms with Crippen molar-refractivity contribution in [1.82, 2.24) is 4.98 Å². The third kappa shape index (κ3) is 4.13. The maximum atomic E-state index is 9.99. The van der Waals surface area contributed by atoms with Crippen LogP contribution in [0.3, 0.4) is 0 Å². The Morgan fingerprint density at radius 2 is 1.67 bits per heavy atom. The maximum Gasteiger partial charge on any atom is 0.173 e. The topological polar surface area (TPSA) is 86.8 Å². The van der Waals surface area contributed by atoms with Gasteiger partial charge in [-0.05, 0) is 42.8 Å². The van der Waals surface area contributed by atoms with Gasteiger partial charge in [0, 0.05) is 23.1 Å². The number of nitrogens with two attached hydrogens (primary N) is 1. The quantitative estimate of drug-likeness (QED) is 0.622. The van der Waals surface area contributed by atoms with Crippen molar-refractivity contribution < 1.29 is 19.3 Å². The lowest BCUT2D eigenvalue weighted by molar-refractivity contribution is 0.0388. The molecule has 0 spiro atoms. The molecule has 0 saturated carbocycles. The molecule has 0 fully saturated rings. The number of aliphatic hydroxyl groups is 1. The maximum absolute atomic E-state index is 9.99. The van der Waals surface area contributed by atoms with E-state index in [4.69, 9.17) is 24.9 Å². The van der Waals surface area contributed by atoms with Crippen LogP contribution in [0.25, 0.3) is 22.2 Å². The van der Waals surface area contributed by atoms with Gasteiger partial charge in [-0.2, -0.15) is 0 Å². The molecule has 6 nitrogen and oxygen atoms in total. The molecule has 0 aliphatic heterocycles. The first-order chi connectivity index (χ1) is 13.0. The average Bonchev–Trinajstić information content (AvgIpc) is 2.72. The van der Waals surface area contributed by atoms with Crippen molar-refractivity contribution >= 4 is 10.9 Å². The summed E-state index contributed by atoms with van der Waals surface area (Å²) in [5, 5.41) is 10.8. The van der Waals surface area contributed by atoms with Crippen molar-refractivity contribution in [2.75, 3.05) is 14.2 Å². The molecule has 0 saturated heterocycles. The number of fused-ring (bicyclic) bond motifs is 1. The van der Waals surface area contributed by atoms with E-state index in [1.165, 1.54) is 0 Å². The monoisotopic (exact) mass is 368 g/mol. The van der Waals surface area contributed by atoms with Gasteiger partial charge in [-0.25, -0.2) is 4.98 Å². The fourth-order valence-corrected chi connectivity index (χ4v) is 2.77. The van der Waals surface area contributed by atoms with Crippen molar-refractivity contribution in [1.29, 1.82) is 0 Å². The zero-order valence-electron chi connectivity index (χ0n) is 15.7. The minimum absolute atomic E-state index is 0.503. The van der Waals surface area contributed by atoms with Crippen molar-refractivity contribution in [3.8, 4) is 28.5 Å². The number of rotatable bonds is 7. The summed E-state index contributed by atoms with van der Waals surface area (Å²) in [5.74, 6) is 2.03. The third-order valence-corrected chi connectivity index (χ3v) is 4.43. The number of hydrogen-bond donors (Lipinski definition) is 2. The standard InChI is InChI=1S/C21H24N2O4/c1-4-19(24)21(22)27-20-12-17(13-5-7-14(25-2)8-6-13)23-18-11-15(26-3)9-10-16(18)20/h5-12,19,21,24H,4,22H2,1-3H3. The number of ether oxygens (including phenoxy) is 3. The Kier molecular flexibility index (Phi) is 5.78. The van der Waals surface area contributed by atoms with Crippen molar-refractivity contribution in [2.24, 2.45) is 5.73 Å². The first kappa shape index (κ1) is 18.9. The van der Waals surface area contributed by atoms with Gasteiger partial charge >= 0.3 is 0 Å². The lowest BCUT2D eigenvalue weighted by Gasteiger charge is -2.20. The van der Waals surface area contributed by atoms with Gasteiger partial charge in [0.25, 0.3) is 0 Å². The van der Waals surface area contributed by atoms with Crippen molar-refractivity contribution in [3.63, 3.8) is 0 Å². The number of hydrogen-bond acceptors (Lipinski definition) is 6. The molecule has 2 aromatic carbocycles. The molecule has 3 aromatic rings. The molecule has 1 heterocycles. The van der Waals surface area contributed by atoms with Crippen LogP contribution >= 0.6 is 0 Å². The minimum Gasteiger partial charge on any atom is -0.497 e. The summed E-state index contributed by atoms with van der Waals surface area (Å²) in [4.78, 5) is 4.74. The average molecular weight is 368 g/mol. The summed E-state index contributed by atoms with van der Waals surface area (Å²) in [5.41, 5.74) is 8.36. The van der Waals surface area contributed by atoms with Crippen LogP contribution in [0.15, 0.2) is 48.5 Å². The number of pyridine rings is 1. The molecule has 6 heteroatoms. The van der Waals surface area contributed by atoms with E-state index in [1.54, 1.807) is 14.2 Å². The molecule has 3 rings (SSSR count). The Hall–Kier alpha value is -2.83. The first-order valence-corrected chi connectivity index (χ1v) is 8.79. The van der Waals surface area contributed by atoms with Gasteiger partial charge in [0.15, 0.2) is 6.23 Å². The van der Waals surface area contributed by atoms with Crippen LogP contribution in [0.1, 0.15) is 13.3 Å². The molecule has 2 unspecified atom stereocenters. The molecule has 0 bridgehead atoms. The van der Waals surface area contributed by atoms with Gasteiger partial charge in [0.1, 0.15) is 23.4 Å². The van der Waals surface area contributed by atoms with Crippen LogP contribution in [0.4, 0.5) is 0 Å². The van der Waals surface area contributed by atoms with Gasteiger partial charge in [0.05, 0.1) is 25.4 Å². The van der Waals surface area contributed by atoms with E-state index in [-0.39, 0.29) is 0 Å². The highest BCUT2D eigenvalue weighted by Gasteiger charge is 2.17. The van der Waals surface area contributed by atoms with Crippen molar-refractivity contribution in [3.05, 3.63) is 48.5 Å². The highest BCUT2D eigenvalue weighted by molar-refractivity contribution is 5.89. The van der Waals surface area contributed by atoms with E-state index in [1.807, 2.05) is 55.5 Å². The Morgan fingerprint density at radius 3 is 2.30 bits per heavy atom. The van der Waals surface area contributed by atoms with Gasteiger partial charge in [-0.3, -0.25) is 5.73 Å². The molecule has 2 atom stereocenters. The second-order valence-electron chi connectivity index (χ2n) is 6.18. The normalized spacial score (nSPS) is 13.2. The van der Waals surface area contributed by atoms with Crippen LogP contribution in [-0.2, 0) is 0 Å². The predicted molar refractivity (Wildman–Crippen MR) is 105 cm³/mol. The Morgan fingerprint density at radius 1 is 1.00 bits per heavy atom. The van der Waals surface area contributed by atoms with Crippen LogP contribution in [-0.4, -0.2) is 36.6 Å². The summed E-state index contributed by atoms with van der Waals surface area (Å²) in [6.45, 7) is 1.85. The van der Waals surface area contributed by atoms with Gasteiger partial charge in [-0.1, -0.05) is 6.92 Å². The van der Waals surface area contributed by atoms with E-state index >= 15 is 0 Å². The number of aromatic nitrogens is 1. The highest BCUT2D eigenvalue weighted by Crippen LogP contribution is 2.33. The molecule has 0 aliphatic carbocycles. The highest BCUT2D eigenvalue weighted by atomic mass is 16.5. The molecular weight excluding hydrogens is 344 g/mol. The minimum atomic E-state index is -0.827. The van der Waals surface area contributed by atoms with Crippen molar-refractivity contribution in [2.45, 2.75) is 25.7 Å². The summed E-state index contributed by atoms with van der Waals surface area (Å²) in [6.07, 6.45) is -1.08. The fraction of sp³-hybridized carbons (Fsp3) is 0.286. The Balaban J connectivity index is 2.10. The zero-order valence-corrected chi connectivity index (χ0v) is 15.7. The Labute approximate surface area is 158 Å². The Bertz CT molecular complexity index is 912. The fourth-order valence-electron chi connectivity index (χ4n) is 2.77.